The summed E-state index contributed by atoms with van der Waals surface area (Å²) in [6.45, 7) is 4.97. The number of nitrogens with zero attached hydrogens (tertiary/aromatic N) is 2. The Morgan fingerprint density at radius 1 is 1.41 bits per heavy atom. The molecule has 1 aromatic rings. The number of likely N-dealkylation sites (tertiary alicyclic amines) is 1. The first-order valence-corrected chi connectivity index (χ1v) is 8.81. The van der Waals surface area contributed by atoms with E-state index in [9.17, 15) is 9.59 Å². The number of nitrogens with two attached hydrogens (primary N) is 1. The van der Waals surface area contributed by atoms with Crippen molar-refractivity contribution in [2.45, 2.75) is 38.8 Å². The van der Waals surface area contributed by atoms with Crippen LogP contribution in [0.2, 0.25) is 0 Å². The van der Waals surface area contributed by atoms with Gasteiger partial charge in [-0.2, -0.15) is 0 Å². The van der Waals surface area contributed by atoms with Gasteiger partial charge in [-0.3, -0.25) is 14.5 Å². The van der Waals surface area contributed by atoms with Crippen molar-refractivity contribution in [3.8, 4) is 0 Å². The molecule has 0 aliphatic carbocycles. The van der Waals surface area contributed by atoms with Crippen LogP contribution < -0.4 is 5.73 Å². The first-order chi connectivity index (χ1) is 10.6. The lowest BCUT2D eigenvalue weighted by Crippen LogP contribution is -2.52. The van der Waals surface area contributed by atoms with Gasteiger partial charge in [-0.1, -0.05) is 0 Å². The van der Waals surface area contributed by atoms with E-state index >= 15 is 0 Å². The van der Waals surface area contributed by atoms with Crippen LogP contribution in [-0.4, -0.2) is 47.3 Å². The van der Waals surface area contributed by atoms with Crippen molar-refractivity contribution in [2.75, 3.05) is 19.6 Å². The second-order valence-corrected chi connectivity index (χ2v) is 7.29. The number of rotatable bonds is 3. The number of hydrogen-bond donors (Lipinski definition) is 1. The van der Waals surface area contributed by atoms with Crippen molar-refractivity contribution in [2.24, 2.45) is 11.7 Å². The molecule has 1 fully saturated rings. The zero-order chi connectivity index (χ0) is 15.7. The van der Waals surface area contributed by atoms with Crippen LogP contribution in [0.1, 0.15) is 30.2 Å². The zero-order valence-corrected chi connectivity index (χ0v) is 13.8. The van der Waals surface area contributed by atoms with E-state index in [-0.39, 0.29) is 23.8 Å². The summed E-state index contributed by atoms with van der Waals surface area (Å²) in [5.74, 6) is -0.342. The lowest BCUT2D eigenvalue weighted by molar-refractivity contribution is -0.139. The summed E-state index contributed by atoms with van der Waals surface area (Å²) in [6.07, 6.45) is 2.69. The van der Waals surface area contributed by atoms with E-state index in [0.29, 0.717) is 6.54 Å². The SMILES string of the molecule is CC(C(=O)N1CCCC(C(N)=O)C1)N1CCc2sccc2C1. The summed E-state index contributed by atoms with van der Waals surface area (Å²) in [4.78, 5) is 29.6. The molecule has 2 amide bonds. The largest absolute Gasteiger partial charge is 0.369 e. The van der Waals surface area contributed by atoms with E-state index in [1.807, 2.05) is 11.8 Å². The summed E-state index contributed by atoms with van der Waals surface area (Å²) in [5, 5.41) is 2.13. The van der Waals surface area contributed by atoms with Gasteiger partial charge in [0, 0.05) is 31.1 Å². The summed E-state index contributed by atoms with van der Waals surface area (Å²) >= 11 is 1.81. The minimum Gasteiger partial charge on any atom is -0.369 e. The standard InChI is InChI=1S/C16H23N3O2S/c1-11(18-7-4-14-12(9-18)5-8-22-14)16(21)19-6-2-3-13(10-19)15(17)20/h5,8,11,13H,2-4,6-7,9-10H2,1H3,(H2,17,20). The number of carbonyl (C=O) groups is 2. The fourth-order valence-corrected chi connectivity index (χ4v) is 4.32. The Balaban J connectivity index is 1.63. The molecule has 6 heteroatoms. The van der Waals surface area contributed by atoms with Crippen LogP contribution in [0.3, 0.4) is 0 Å². The molecular weight excluding hydrogens is 298 g/mol. The number of amides is 2. The average Bonchev–Trinajstić information content (AvgIpc) is 3.01. The van der Waals surface area contributed by atoms with E-state index < -0.39 is 0 Å². The summed E-state index contributed by atoms with van der Waals surface area (Å²) in [7, 11) is 0. The highest BCUT2D eigenvalue weighted by Crippen LogP contribution is 2.26. The minimum absolute atomic E-state index is 0.129. The molecule has 0 spiro atoms. The Kier molecular flexibility index (Phi) is 4.49. The van der Waals surface area contributed by atoms with Gasteiger partial charge in [0.1, 0.15) is 0 Å². The van der Waals surface area contributed by atoms with Crippen LogP contribution in [-0.2, 0) is 22.6 Å². The number of fused-ring (bicyclic) bond motifs is 1. The van der Waals surface area contributed by atoms with Crippen molar-refractivity contribution in [1.82, 2.24) is 9.80 Å². The van der Waals surface area contributed by atoms with Gasteiger partial charge >= 0.3 is 0 Å². The van der Waals surface area contributed by atoms with Crippen molar-refractivity contribution < 1.29 is 9.59 Å². The summed E-state index contributed by atoms with van der Waals surface area (Å²) in [6, 6.07) is 2.02. The third kappa shape index (κ3) is 3.03. The highest BCUT2D eigenvalue weighted by molar-refractivity contribution is 7.10. The van der Waals surface area contributed by atoms with Gasteiger partial charge in [0.25, 0.3) is 0 Å². The van der Waals surface area contributed by atoms with Crippen LogP contribution in [0.15, 0.2) is 11.4 Å². The van der Waals surface area contributed by atoms with Crippen molar-refractivity contribution >= 4 is 23.2 Å². The molecule has 3 heterocycles. The number of hydrogen-bond acceptors (Lipinski definition) is 4. The van der Waals surface area contributed by atoms with Crippen molar-refractivity contribution in [3.63, 3.8) is 0 Å². The maximum atomic E-state index is 12.8. The highest BCUT2D eigenvalue weighted by atomic mass is 32.1. The van der Waals surface area contributed by atoms with Crippen molar-refractivity contribution in [1.29, 1.82) is 0 Å². The molecule has 1 saturated heterocycles. The third-order valence-electron chi connectivity index (χ3n) is 4.88. The van der Waals surface area contributed by atoms with E-state index in [4.69, 9.17) is 5.73 Å². The summed E-state index contributed by atoms with van der Waals surface area (Å²) < 4.78 is 0. The molecule has 2 N–H and O–H groups in total. The molecule has 1 aromatic heterocycles. The molecule has 2 aliphatic rings. The molecule has 0 saturated carbocycles. The Labute approximate surface area is 135 Å². The van der Waals surface area contributed by atoms with Crippen molar-refractivity contribution in [3.05, 3.63) is 21.9 Å². The average molecular weight is 321 g/mol. The Morgan fingerprint density at radius 2 is 2.23 bits per heavy atom. The number of thiophene rings is 1. The monoisotopic (exact) mass is 321 g/mol. The van der Waals surface area contributed by atoms with Gasteiger partial charge in [-0.25, -0.2) is 0 Å². The first kappa shape index (κ1) is 15.5. The van der Waals surface area contributed by atoms with E-state index in [0.717, 1.165) is 38.9 Å². The molecule has 2 aliphatic heterocycles. The third-order valence-corrected chi connectivity index (χ3v) is 5.90. The number of piperidine rings is 1. The number of primary amides is 1. The molecule has 0 bridgehead atoms. The molecule has 5 nitrogen and oxygen atoms in total. The second kappa shape index (κ2) is 6.38. The highest BCUT2D eigenvalue weighted by Gasteiger charge is 2.32. The quantitative estimate of drug-likeness (QED) is 0.910. The first-order valence-electron chi connectivity index (χ1n) is 7.93. The van der Waals surface area contributed by atoms with Gasteiger partial charge in [-0.15, -0.1) is 11.3 Å². The number of carbonyl (C=O) groups excluding carboxylic acids is 2. The predicted octanol–water partition coefficient (Wildman–Crippen LogP) is 1.22. The smallest absolute Gasteiger partial charge is 0.239 e. The predicted molar refractivity (Wildman–Crippen MR) is 86.4 cm³/mol. The maximum absolute atomic E-state index is 12.8. The van der Waals surface area contributed by atoms with Gasteiger partial charge < -0.3 is 10.6 Å². The van der Waals surface area contributed by atoms with Crippen LogP contribution in [0.4, 0.5) is 0 Å². The van der Waals surface area contributed by atoms with Gasteiger partial charge in [0.2, 0.25) is 11.8 Å². The molecule has 0 aromatic carbocycles. The Morgan fingerprint density at radius 3 is 3.00 bits per heavy atom. The lowest BCUT2D eigenvalue weighted by Gasteiger charge is -2.37. The summed E-state index contributed by atoms with van der Waals surface area (Å²) in [5.41, 5.74) is 6.76. The van der Waals surface area contributed by atoms with Crippen LogP contribution in [0, 0.1) is 5.92 Å². The second-order valence-electron chi connectivity index (χ2n) is 6.29. The molecule has 120 valence electrons. The van der Waals surface area contributed by atoms with Gasteiger partial charge in [-0.05, 0) is 43.2 Å². The maximum Gasteiger partial charge on any atom is 0.239 e. The molecule has 2 atom stereocenters. The fraction of sp³-hybridized carbons (Fsp3) is 0.625. The molecule has 2 unspecified atom stereocenters. The lowest BCUT2D eigenvalue weighted by atomic mass is 9.96. The zero-order valence-electron chi connectivity index (χ0n) is 13.0. The Hall–Kier alpha value is -1.40. The molecule has 0 radical (unpaired) electrons. The van der Waals surface area contributed by atoms with E-state index in [2.05, 4.69) is 16.3 Å². The van der Waals surface area contributed by atoms with E-state index in [1.165, 1.54) is 10.4 Å². The Bertz CT molecular complexity index is 571. The van der Waals surface area contributed by atoms with E-state index in [1.54, 1.807) is 11.3 Å². The minimum atomic E-state index is -0.286. The molecule has 3 rings (SSSR count). The van der Waals surface area contributed by atoms with Gasteiger partial charge in [0.05, 0.1) is 12.0 Å². The van der Waals surface area contributed by atoms with Crippen LogP contribution in [0.25, 0.3) is 0 Å². The van der Waals surface area contributed by atoms with Gasteiger partial charge in [0.15, 0.2) is 0 Å². The normalized spacial score (nSPS) is 23.9. The molecule has 22 heavy (non-hydrogen) atoms. The topological polar surface area (TPSA) is 66.6 Å². The van der Waals surface area contributed by atoms with Crippen LogP contribution >= 0.6 is 11.3 Å². The molecular formula is C16H23N3O2S. The fourth-order valence-electron chi connectivity index (χ4n) is 3.43. The van der Waals surface area contributed by atoms with Crippen LogP contribution in [0.5, 0.6) is 0 Å².